The third-order valence-corrected chi connectivity index (χ3v) is 6.93. The summed E-state index contributed by atoms with van der Waals surface area (Å²) < 4.78 is 30.1. The highest BCUT2D eigenvalue weighted by molar-refractivity contribution is 5.79. The van der Waals surface area contributed by atoms with Gasteiger partial charge in [0.05, 0.1) is 22.5 Å². The average molecular weight is 506 g/mol. The van der Waals surface area contributed by atoms with Gasteiger partial charge in [0.15, 0.2) is 0 Å². The van der Waals surface area contributed by atoms with E-state index in [-0.39, 0.29) is 11.1 Å². The molecular formula is C33H29F2N3. The second-order valence-electron chi connectivity index (χ2n) is 10.1. The van der Waals surface area contributed by atoms with E-state index in [1.165, 1.54) is 17.2 Å². The smallest absolute Gasteiger partial charge is 0.225 e. The molecule has 0 atom stereocenters. The Labute approximate surface area is 222 Å². The van der Waals surface area contributed by atoms with Crippen molar-refractivity contribution in [2.75, 3.05) is 0 Å². The van der Waals surface area contributed by atoms with Gasteiger partial charge in [0.2, 0.25) is 11.9 Å². The lowest BCUT2D eigenvalue weighted by Gasteiger charge is -2.14. The predicted molar refractivity (Wildman–Crippen MR) is 150 cm³/mol. The van der Waals surface area contributed by atoms with Crippen LogP contribution >= 0.6 is 0 Å². The minimum absolute atomic E-state index is 0.126. The molecule has 0 aliphatic heterocycles. The zero-order valence-corrected chi connectivity index (χ0v) is 22.4. The van der Waals surface area contributed by atoms with Crippen LogP contribution in [0.25, 0.3) is 44.8 Å². The molecule has 5 aromatic rings. The number of halogens is 2. The van der Waals surface area contributed by atoms with Gasteiger partial charge in [-0.3, -0.25) is 9.97 Å². The number of aromatic nitrogens is 3. The van der Waals surface area contributed by atoms with E-state index < -0.39 is 11.9 Å². The Morgan fingerprint density at radius 3 is 1.24 bits per heavy atom. The summed E-state index contributed by atoms with van der Waals surface area (Å²) in [6.07, 6.45) is 3.29. The molecule has 0 spiro atoms. The van der Waals surface area contributed by atoms with Crippen molar-refractivity contribution < 1.29 is 8.78 Å². The fourth-order valence-electron chi connectivity index (χ4n) is 5.57. The van der Waals surface area contributed by atoms with Crippen LogP contribution in [0.4, 0.5) is 8.78 Å². The van der Waals surface area contributed by atoms with E-state index >= 15 is 8.78 Å². The van der Waals surface area contributed by atoms with Crippen molar-refractivity contribution in [2.45, 2.75) is 41.5 Å². The van der Waals surface area contributed by atoms with Crippen molar-refractivity contribution in [1.29, 1.82) is 0 Å². The van der Waals surface area contributed by atoms with Crippen LogP contribution in [0.1, 0.15) is 33.4 Å². The molecule has 0 aliphatic rings. The van der Waals surface area contributed by atoms with Crippen LogP contribution in [0.3, 0.4) is 0 Å². The largest absolute Gasteiger partial charge is 0.256 e. The van der Waals surface area contributed by atoms with Gasteiger partial charge >= 0.3 is 0 Å². The summed E-state index contributed by atoms with van der Waals surface area (Å²) >= 11 is 0. The Kier molecular flexibility index (Phi) is 6.62. The Balaban J connectivity index is 1.62. The molecule has 0 unspecified atom stereocenters. The normalized spacial score (nSPS) is 11.2. The lowest BCUT2D eigenvalue weighted by Crippen LogP contribution is -2.00. The highest BCUT2D eigenvalue weighted by Gasteiger charge is 2.19. The van der Waals surface area contributed by atoms with Crippen LogP contribution in [0.15, 0.2) is 67.0 Å². The van der Waals surface area contributed by atoms with Crippen LogP contribution in [-0.2, 0) is 0 Å². The number of rotatable bonds is 4. The van der Waals surface area contributed by atoms with Crippen molar-refractivity contribution >= 4 is 0 Å². The first kappa shape index (κ1) is 25.4. The van der Waals surface area contributed by atoms with E-state index in [0.717, 1.165) is 44.5 Å². The number of benzene rings is 2. The van der Waals surface area contributed by atoms with Crippen LogP contribution in [-0.4, -0.2) is 15.0 Å². The van der Waals surface area contributed by atoms with Crippen LogP contribution in [0.5, 0.6) is 0 Å². The molecule has 3 aromatic heterocycles. The molecule has 0 N–H and O–H groups in total. The zero-order chi connectivity index (χ0) is 27.1. The molecule has 2 aromatic carbocycles. The highest BCUT2D eigenvalue weighted by atomic mass is 19.1. The van der Waals surface area contributed by atoms with Crippen LogP contribution in [0, 0.1) is 53.4 Å². The Morgan fingerprint density at radius 1 is 0.500 bits per heavy atom. The number of hydrogen-bond donors (Lipinski definition) is 0. The minimum Gasteiger partial charge on any atom is -0.256 e. The van der Waals surface area contributed by atoms with E-state index in [1.54, 1.807) is 12.4 Å². The zero-order valence-electron chi connectivity index (χ0n) is 22.4. The Hall–Kier alpha value is -4.25. The van der Waals surface area contributed by atoms with Gasteiger partial charge in [-0.25, -0.2) is 0 Å². The summed E-state index contributed by atoms with van der Waals surface area (Å²) in [4.78, 5) is 12.4. The molecule has 190 valence electrons. The van der Waals surface area contributed by atoms with Gasteiger partial charge in [0.25, 0.3) is 0 Å². The third-order valence-electron chi connectivity index (χ3n) is 6.93. The first-order chi connectivity index (χ1) is 18.1. The van der Waals surface area contributed by atoms with E-state index in [9.17, 15) is 0 Å². The highest BCUT2D eigenvalue weighted by Crippen LogP contribution is 2.35. The van der Waals surface area contributed by atoms with E-state index in [1.807, 2.05) is 24.3 Å². The quantitative estimate of drug-likeness (QED) is 0.229. The SMILES string of the molecule is Cc1cc(C)c(-c2ccnc(-c3cc(-c4cc(-c5c(C)cc(C)cc5C)ccn4)c(F)nc3F)c2)c(C)c1. The number of hydrogen-bond acceptors (Lipinski definition) is 3. The van der Waals surface area contributed by atoms with E-state index in [4.69, 9.17) is 0 Å². The second kappa shape index (κ2) is 9.90. The van der Waals surface area contributed by atoms with Crippen molar-refractivity contribution in [3.05, 3.63) is 112 Å². The van der Waals surface area contributed by atoms with E-state index in [2.05, 4.69) is 80.8 Å². The molecule has 0 fully saturated rings. The summed E-state index contributed by atoms with van der Waals surface area (Å²) in [6, 6.07) is 17.4. The molecule has 38 heavy (non-hydrogen) atoms. The molecule has 0 bridgehead atoms. The predicted octanol–water partition coefficient (Wildman–Crippen LogP) is 8.67. The van der Waals surface area contributed by atoms with E-state index in [0.29, 0.717) is 11.4 Å². The maximum absolute atomic E-state index is 15.1. The molecule has 3 heterocycles. The van der Waals surface area contributed by atoms with Crippen LogP contribution < -0.4 is 0 Å². The molecule has 3 nitrogen and oxygen atoms in total. The van der Waals surface area contributed by atoms with Crippen molar-refractivity contribution in [1.82, 2.24) is 15.0 Å². The first-order valence-corrected chi connectivity index (χ1v) is 12.6. The van der Waals surface area contributed by atoms with Gasteiger partial charge in [-0.05, 0) is 116 Å². The molecule has 0 amide bonds. The first-order valence-electron chi connectivity index (χ1n) is 12.6. The maximum Gasteiger partial charge on any atom is 0.225 e. The van der Waals surface area contributed by atoms with Crippen molar-refractivity contribution in [3.8, 4) is 44.8 Å². The molecule has 5 rings (SSSR count). The molecule has 0 saturated heterocycles. The summed E-state index contributed by atoms with van der Waals surface area (Å²) in [6.45, 7) is 12.4. The molecule has 0 saturated carbocycles. The summed E-state index contributed by atoms with van der Waals surface area (Å²) in [5, 5.41) is 0. The van der Waals surface area contributed by atoms with Crippen molar-refractivity contribution in [3.63, 3.8) is 0 Å². The number of pyridine rings is 3. The average Bonchev–Trinajstić information content (AvgIpc) is 2.83. The van der Waals surface area contributed by atoms with Crippen LogP contribution in [0.2, 0.25) is 0 Å². The summed E-state index contributed by atoms with van der Waals surface area (Å²) in [7, 11) is 0. The standard InChI is InChI=1S/C33H29F2N3/c1-18-11-20(3)30(21(4)12-18)24-7-9-36-28(15-24)26-17-27(33(35)38-32(26)34)29-16-25(8-10-37-29)31-22(5)13-19(2)14-23(31)6/h7-17H,1-6H3. The van der Waals surface area contributed by atoms with Gasteiger partial charge < -0.3 is 0 Å². The summed E-state index contributed by atoms with van der Waals surface area (Å²) in [5.41, 5.74) is 11.9. The topological polar surface area (TPSA) is 38.7 Å². The number of nitrogens with zero attached hydrogens (tertiary/aromatic N) is 3. The Morgan fingerprint density at radius 2 is 0.868 bits per heavy atom. The summed E-state index contributed by atoms with van der Waals surface area (Å²) in [5.74, 6) is -1.82. The maximum atomic E-state index is 15.1. The lowest BCUT2D eigenvalue weighted by atomic mass is 9.93. The molecule has 5 heteroatoms. The van der Waals surface area contributed by atoms with Gasteiger partial charge in [0.1, 0.15) is 0 Å². The fraction of sp³-hybridized carbons (Fsp3) is 0.182. The van der Waals surface area contributed by atoms with Gasteiger partial charge in [-0.1, -0.05) is 35.4 Å². The number of aryl methyl sites for hydroxylation is 6. The minimum atomic E-state index is -0.908. The second-order valence-corrected chi connectivity index (χ2v) is 10.1. The van der Waals surface area contributed by atoms with Crippen molar-refractivity contribution in [2.24, 2.45) is 0 Å². The monoisotopic (exact) mass is 505 g/mol. The van der Waals surface area contributed by atoms with Gasteiger partial charge in [-0.2, -0.15) is 13.8 Å². The van der Waals surface area contributed by atoms with Gasteiger partial charge in [-0.15, -0.1) is 0 Å². The molecular weight excluding hydrogens is 476 g/mol. The molecule has 0 aliphatic carbocycles. The lowest BCUT2D eigenvalue weighted by molar-refractivity contribution is 0.517. The fourth-order valence-corrected chi connectivity index (χ4v) is 5.57. The third kappa shape index (κ3) is 4.72. The molecule has 0 radical (unpaired) electrons. The van der Waals surface area contributed by atoms with Gasteiger partial charge in [0, 0.05) is 12.4 Å². The Bertz CT molecular complexity index is 1540.